The Morgan fingerprint density at radius 2 is 2.25 bits per heavy atom. The van der Waals surface area contributed by atoms with Gasteiger partial charge in [-0.1, -0.05) is 5.57 Å². The molecular formula is C12H19NO3. The van der Waals surface area contributed by atoms with Crippen molar-refractivity contribution in [3.63, 3.8) is 0 Å². The minimum absolute atomic E-state index is 0.407. The molecule has 2 saturated heterocycles. The van der Waals surface area contributed by atoms with Crippen molar-refractivity contribution < 1.29 is 14.6 Å². The van der Waals surface area contributed by atoms with Crippen LogP contribution >= 0.6 is 0 Å². The average Bonchev–Trinajstić information content (AvgIpc) is 2.73. The number of aliphatic carboxylic acids is 1. The van der Waals surface area contributed by atoms with Gasteiger partial charge in [-0.2, -0.15) is 0 Å². The van der Waals surface area contributed by atoms with Gasteiger partial charge in [0.15, 0.2) is 0 Å². The van der Waals surface area contributed by atoms with Crippen molar-refractivity contribution in [2.75, 3.05) is 26.2 Å². The number of likely N-dealkylation sites (tertiary alicyclic amines) is 1. The molecule has 0 aromatic carbocycles. The molecule has 4 heteroatoms. The van der Waals surface area contributed by atoms with Gasteiger partial charge in [-0.15, -0.1) is 0 Å². The fourth-order valence-electron chi connectivity index (χ4n) is 2.42. The molecule has 0 aromatic rings. The number of hydrogen-bond acceptors (Lipinski definition) is 3. The number of rotatable bonds is 3. The summed E-state index contributed by atoms with van der Waals surface area (Å²) in [5, 5.41) is 8.65. The van der Waals surface area contributed by atoms with Crippen molar-refractivity contribution in [1.82, 2.24) is 4.90 Å². The zero-order chi connectivity index (χ0) is 11.4. The van der Waals surface area contributed by atoms with Crippen LogP contribution in [0.4, 0.5) is 0 Å². The summed E-state index contributed by atoms with van der Waals surface area (Å²) < 4.78 is 5.60. The van der Waals surface area contributed by atoms with E-state index in [1.807, 2.05) is 0 Å². The summed E-state index contributed by atoms with van der Waals surface area (Å²) in [5.74, 6) is -0.817. The molecule has 2 aliphatic rings. The molecule has 0 spiro atoms. The molecule has 0 saturated carbocycles. The van der Waals surface area contributed by atoms with Crippen LogP contribution in [-0.4, -0.2) is 48.3 Å². The maximum Gasteiger partial charge on any atom is 0.328 e. The lowest BCUT2D eigenvalue weighted by Crippen LogP contribution is -2.36. The van der Waals surface area contributed by atoms with Gasteiger partial charge >= 0.3 is 5.97 Å². The molecule has 0 radical (unpaired) electrons. The first-order valence-electron chi connectivity index (χ1n) is 6.00. The molecule has 2 heterocycles. The van der Waals surface area contributed by atoms with Crippen LogP contribution in [0.15, 0.2) is 11.6 Å². The number of nitrogens with zero attached hydrogens (tertiary/aromatic N) is 1. The molecule has 0 aromatic heterocycles. The van der Waals surface area contributed by atoms with Crippen molar-refractivity contribution in [3.05, 3.63) is 11.6 Å². The highest BCUT2D eigenvalue weighted by Gasteiger charge is 2.21. The second-order valence-electron chi connectivity index (χ2n) is 4.58. The van der Waals surface area contributed by atoms with Gasteiger partial charge in [0.1, 0.15) is 0 Å². The van der Waals surface area contributed by atoms with E-state index < -0.39 is 5.97 Å². The molecule has 1 unspecified atom stereocenters. The Morgan fingerprint density at radius 1 is 1.50 bits per heavy atom. The smallest absolute Gasteiger partial charge is 0.328 e. The van der Waals surface area contributed by atoms with E-state index in [-0.39, 0.29) is 0 Å². The summed E-state index contributed by atoms with van der Waals surface area (Å²) >= 11 is 0. The molecule has 2 fully saturated rings. The monoisotopic (exact) mass is 225 g/mol. The molecular weight excluding hydrogens is 206 g/mol. The second kappa shape index (κ2) is 5.46. The highest BCUT2D eigenvalue weighted by atomic mass is 16.5. The third-order valence-corrected chi connectivity index (χ3v) is 3.31. The fraction of sp³-hybridized carbons (Fsp3) is 0.750. The number of carboxylic acids is 1. The molecule has 0 amide bonds. The predicted molar refractivity (Wildman–Crippen MR) is 60.4 cm³/mol. The molecule has 1 atom stereocenters. The first-order valence-corrected chi connectivity index (χ1v) is 6.00. The molecule has 90 valence electrons. The normalized spacial score (nSPS) is 27.0. The van der Waals surface area contributed by atoms with Crippen LogP contribution in [-0.2, 0) is 9.53 Å². The van der Waals surface area contributed by atoms with Crippen LogP contribution < -0.4 is 0 Å². The largest absolute Gasteiger partial charge is 0.478 e. The molecule has 0 bridgehead atoms. The van der Waals surface area contributed by atoms with Crippen molar-refractivity contribution >= 4 is 5.97 Å². The van der Waals surface area contributed by atoms with Crippen LogP contribution in [0.2, 0.25) is 0 Å². The first-order chi connectivity index (χ1) is 7.74. The molecule has 1 N–H and O–H groups in total. The van der Waals surface area contributed by atoms with Crippen LogP contribution in [0.5, 0.6) is 0 Å². The minimum atomic E-state index is -0.817. The van der Waals surface area contributed by atoms with Crippen LogP contribution in [0, 0.1) is 0 Å². The van der Waals surface area contributed by atoms with Crippen molar-refractivity contribution in [2.45, 2.75) is 31.8 Å². The van der Waals surface area contributed by atoms with Crippen molar-refractivity contribution in [3.8, 4) is 0 Å². The Bertz CT molecular complexity index is 272. The van der Waals surface area contributed by atoms with Gasteiger partial charge in [0, 0.05) is 32.3 Å². The van der Waals surface area contributed by atoms with Gasteiger partial charge in [-0.3, -0.25) is 0 Å². The maximum atomic E-state index is 10.5. The number of ether oxygens (including phenoxy) is 1. The van der Waals surface area contributed by atoms with Crippen LogP contribution in [0.3, 0.4) is 0 Å². The van der Waals surface area contributed by atoms with Gasteiger partial charge in [0.25, 0.3) is 0 Å². The van der Waals surface area contributed by atoms with E-state index in [1.54, 1.807) is 0 Å². The topological polar surface area (TPSA) is 49.8 Å². The van der Waals surface area contributed by atoms with Gasteiger partial charge in [-0.05, 0) is 25.7 Å². The molecule has 0 aliphatic carbocycles. The quantitative estimate of drug-likeness (QED) is 0.735. The average molecular weight is 225 g/mol. The summed E-state index contributed by atoms with van der Waals surface area (Å²) in [4.78, 5) is 12.9. The second-order valence-corrected chi connectivity index (χ2v) is 4.58. The maximum absolute atomic E-state index is 10.5. The summed E-state index contributed by atoms with van der Waals surface area (Å²) in [7, 11) is 0. The molecule has 2 aliphatic heterocycles. The summed E-state index contributed by atoms with van der Waals surface area (Å²) in [6, 6.07) is 0. The number of carboxylic acid groups (broad SMARTS) is 1. The Balaban J connectivity index is 1.74. The summed E-state index contributed by atoms with van der Waals surface area (Å²) in [6.07, 6.45) is 5.91. The third-order valence-electron chi connectivity index (χ3n) is 3.31. The van der Waals surface area contributed by atoms with E-state index in [4.69, 9.17) is 9.84 Å². The predicted octanol–water partition coefficient (Wildman–Crippen LogP) is 1.27. The lowest BCUT2D eigenvalue weighted by Gasteiger charge is -2.29. The molecule has 4 nitrogen and oxygen atoms in total. The van der Waals surface area contributed by atoms with Gasteiger partial charge < -0.3 is 14.7 Å². The molecule has 16 heavy (non-hydrogen) atoms. The van der Waals surface area contributed by atoms with Gasteiger partial charge in [0.05, 0.1) is 6.10 Å². The van der Waals surface area contributed by atoms with E-state index in [0.29, 0.717) is 6.10 Å². The Hall–Kier alpha value is -0.870. The minimum Gasteiger partial charge on any atom is -0.478 e. The van der Waals surface area contributed by atoms with E-state index in [9.17, 15) is 4.79 Å². The van der Waals surface area contributed by atoms with E-state index in [2.05, 4.69) is 4.90 Å². The first kappa shape index (κ1) is 11.6. The standard InChI is InChI=1S/C12H19NO3/c14-12(15)8-10-3-5-13(6-4-10)9-11-2-1-7-16-11/h8,11H,1-7,9H2,(H,14,15). The highest BCUT2D eigenvalue weighted by molar-refractivity contribution is 5.80. The van der Waals surface area contributed by atoms with Crippen molar-refractivity contribution in [2.24, 2.45) is 0 Å². The van der Waals surface area contributed by atoms with Gasteiger partial charge in [-0.25, -0.2) is 4.79 Å². The van der Waals surface area contributed by atoms with Gasteiger partial charge in [0.2, 0.25) is 0 Å². The lowest BCUT2D eigenvalue weighted by atomic mass is 10.0. The SMILES string of the molecule is O=C(O)C=C1CCN(CC2CCCO2)CC1. The number of carbonyl (C=O) groups is 1. The zero-order valence-electron chi connectivity index (χ0n) is 9.52. The van der Waals surface area contributed by atoms with Crippen LogP contribution in [0.1, 0.15) is 25.7 Å². The summed E-state index contributed by atoms with van der Waals surface area (Å²) in [6.45, 7) is 3.86. The van der Waals surface area contributed by atoms with E-state index in [1.165, 1.54) is 18.9 Å². The van der Waals surface area contributed by atoms with E-state index >= 15 is 0 Å². The fourth-order valence-corrected chi connectivity index (χ4v) is 2.42. The lowest BCUT2D eigenvalue weighted by molar-refractivity contribution is -0.131. The number of hydrogen-bond donors (Lipinski definition) is 1. The van der Waals surface area contributed by atoms with E-state index in [0.717, 1.165) is 44.7 Å². The summed E-state index contributed by atoms with van der Waals surface area (Å²) in [5.41, 5.74) is 1.07. The van der Waals surface area contributed by atoms with Crippen LogP contribution in [0.25, 0.3) is 0 Å². The zero-order valence-corrected chi connectivity index (χ0v) is 9.52. The third kappa shape index (κ3) is 3.32. The highest BCUT2D eigenvalue weighted by Crippen LogP contribution is 2.19. The Morgan fingerprint density at radius 3 is 2.81 bits per heavy atom. The Labute approximate surface area is 95.9 Å². The molecule has 2 rings (SSSR count). The number of piperidine rings is 1. The van der Waals surface area contributed by atoms with Crippen molar-refractivity contribution in [1.29, 1.82) is 0 Å². The Kier molecular flexibility index (Phi) is 3.96.